The number of rotatable bonds is 5. The Morgan fingerprint density at radius 2 is 1.83 bits per heavy atom. The maximum atomic E-state index is 12.8. The number of hydrogen-bond donors (Lipinski definition) is 2. The number of carbonyl (C=O) groups is 3. The van der Waals surface area contributed by atoms with Gasteiger partial charge in [-0.2, -0.15) is 0 Å². The molecule has 4 rings (SSSR count). The number of nitrogens with two attached hydrogens (primary N) is 1. The van der Waals surface area contributed by atoms with Gasteiger partial charge in [-0.3, -0.25) is 14.5 Å². The fourth-order valence-electron chi connectivity index (χ4n) is 3.33. The van der Waals surface area contributed by atoms with Crippen molar-refractivity contribution in [2.24, 2.45) is 5.73 Å². The van der Waals surface area contributed by atoms with Gasteiger partial charge in [0.05, 0.1) is 6.54 Å². The van der Waals surface area contributed by atoms with E-state index in [0.29, 0.717) is 10.6 Å². The largest absolute Gasteiger partial charge is 0.368 e. The van der Waals surface area contributed by atoms with Gasteiger partial charge >= 0.3 is 6.03 Å². The fraction of sp³-hybridized carbons (Fsp3) is 0.0952. The second kappa shape index (κ2) is 7.44. The summed E-state index contributed by atoms with van der Waals surface area (Å²) >= 11 is 5.88. The number of nitrogens with one attached hydrogen (secondary N) is 1. The highest BCUT2D eigenvalue weighted by Crippen LogP contribution is 2.25. The van der Waals surface area contributed by atoms with Crippen molar-refractivity contribution in [3.05, 3.63) is 76.6 Å². The number of nitrogens with zero attached hydrogens (tertiary/aromatic N) is 2. The minimum Gasteiger partial charge on any atom is -0.368 e. The summed E-state index contributed by atoms with van der Waals surface area (Å²) in [6.45, 7) is 0.162. The predicted molar refractivity (Wildman–Crippen MR) is 110 cm³/mol. The standard InChI is InChI=1S/C21H17ClN4O3/c22-15-7-5-13(6-8-15)10-26-20(28)17(24-21(26)29)9-14-11-25(12-19(23)27)18-4-2-1-3-16(14)18/h1-9,11H,10,12H2,(H2,23,27)(H,24,29)/b17-9-. The molecule has 0 unspecified atom stereocenters. The van der Waals surface area contributed by atoms with E-state index >= 15 is 0 Å². The van der Waals surface area contributed by atoms with Gasteiger partial charge in [0, 0.05) is 27.7 Å². The van der Waals surface area contributed by atoms with Gasteiger partial charge in [0.2, 0.25) is 5.91 Å². The number of para-hydroxylation sites is 1. The van der Waals surface area contributed by atoms with Gasteiger partial charge in [0.25, 0.3) is 5.91 Å². The molecule has 0 spiro atoms. The van der Waals surface area contributed by atoms with Crippen LogP contribution in [0.15, 0.2) is 60.4 Å². The molecule has 146 valence electrons. The molecule has 0 atom stereocenters. The van der Waals surface area contributed by atoms with Gasteiger partial charge in [0.1, 0.15) is 12.2 Å². The van der Waals surface area contributed by atoms with Gasteiger partial charge in [-0.1, -0.05) is 41.9 Å². The first kappa shape index (κ1) is 18.8. The average Bonchev–Trinajstić information content (AvgIpc) is 3.16. The van der Waals surface area contributed by atoms with Crippen molar-refractivity contribution >= 4 is 46.4 Å². The summed E-state index contributed by atoms with van der Waals surface area (Å²) in [5, 5.41) is 4.05. The Morgan fingerprint density at radius 1 is 1.10 bits per heavy atom. The molecule has 1 aliphatic rings. The van der Waals surface area contributed by atoms with Crippen molar-refractivity contribution < 1.29 is 14.4 Å². The molecule has 0 aliphatic carbocycles. The molecule has 1 aliphatic heterocycles. The van der Waals surface area contributed by atoms with Crippen LogP contribution in [0.25, 0.3) is 17.0 Å². The number of primary amides is 1. The lowest BCUT2D eigenvalue weighted by Crippen LogP contribution is -2.30. The van der Waals surface area contributed by atoms with Crippen molar-refractivity contribution in [2.45, 2.75) is 13.1 Å². The Balaban J connectivity index is 1.65. The normalized spacial score (nSPS) is 15.3. The Labute approximate surface area is 171 Å². The summed E-state index contributed by atoms with van der Waals surface area (Å²) in [6.07, 6.45) is 3.35. The maximum Gasteiger partial charge on any atom is 0.329 e. The zero-order valence-electron chi connectivity index (χ0n) is 15.3. The second-order valence-corrected chi connectivity index (χ2v) is 7.14. The van der Waals surface area contributed by atoms with Crippen LogP contribution in [0, 0.1) is 0 Å². The Hall–Kier alpha value is -3.58. The third-order valence-electron chi connectivity index (χ3n) is 4.66. The summed E-state index contributed by atoms with van der Waals surface area (Å²) in [7, 11) is 0. The maximum absolute atomic E-state index is 12.8. The molecular weight excluding hydrogens is 392 g/mol. The van der Waals surface area contributed by atoms with E-state index in [0.717, 1.165) is 21.4 Å². The molecule has 7 nitrogen and oxygen atoms in total. The molecule has 4 amide bonds. The Kier molecular flexibility index (Phi) is 4.82. The lowest BCUT2D eigenvalue weighted by Gasteiger charge is -2.11. The Morgan fingerprint density at radius 3 is 2.55 bits per heavy atom. The minimum atomic E-state index is -0.489. The van der Waals surface area contributed by atoms with Gasteiger partial charge < -0.3 is 15.6 Å². The van der Waals surface area contributed by atoms with Crippen molar-refractivity contribution in [1.82, 2.24) is 14.8 Å². The molecule has 2 aromatic carbocycles. The molecule has 3 N–H and O–H groups in total. The van der Waals surface area contributed by atoms with Crippen molar-refractivity contribution in [1.29, 1.82) is 0 Å². The SMILES string of the molecule is NC(=O)Cn1cc(/C=C2\NC(=O)N(Cc3ccc(Cl)cc3)C2=O)c2ccccc21. The number of carbonyl (C=O) groups excluding carboxylic acids is 3. The molecule has 0 bridgehead atoms. The number of fused-ring (bicyclic) bond motifs is 1. The van der Waals surface area contributed by atoms with Gasteiger partial charge in [-0.15, -0.1) is 0 Å². The van der Waals surface area contributed by atoms with Crippen LogP contribution in [-0.2, 0) is 22.7 Å². The van der Waals surface area contributed by atoms with Crippen molar-refractivity contribution in [3.8, 4) is 0 Å². The molecule has 3 aromatic rings. The monoisotopic (exact) mass is 408 g/mol. The molecular formula is C21H17ClN4O3. The third kappa shape index (κ3) is 3.72. The van der Waals surface area contributed by atoms with Crippen LogP contribution in [0.4, 0.5) is 4.79 Å². The first-order chi connectivity index (χ1) is 13.9. The van der Waals surface area contributed by atoms with E-state index < -0.39 is 17.8 Å². The molecule has 0 radical (unpaired) electrons. The van der Waals surface area contributed by atoms with E-state index in [1.54, 1.807) is 41.1 Å². The van der Waals surface area contributed by atoms with Crippen molar-refractivity contribution in [2.75, 3.05) is 0 Å². The van der Waals surface area contributed by atoms with Crippen molar-refractivity contribution in [3.63, 3.8) is 0 Å². The summed E-state index contributed by atoms with van der Waals surface area (Å²) in [6, 6.07) is 13.9. The summed E-state index contributed by atoms with van der Waals surface area (Å²) in [5.41, 5.74) is 7.81. The highest BCUT2D eigenvalue weighted by Gasteiger charge is 2.33. The zero-order valence-corrected chi connectivity index (χ0v) is 16.0. The van der Waals surface area contributed by atoms with Gasteiger partial charge in [-0.25, -0.2) is 4.79 Å². The highest BCUT2D eigenvalue weighted by molar-refractivity contribution is 6.30. The lowest BCUT2D eigenvalue weighted by molar-refractivity contribution is -0.123. The van der Waals surface area contributed by atoms with Crippen LogP contribution >= 0.6 is 11.6 Å². The molecule has 8 heteroatoms. The van der Waals surface area contributed by atoms with E-state index in [2.05, 4.69) is 5.32 Å². The number of benzene rings is 2. The summed E-state index contributed by atoms with van der Waals surface area (Å²) in [5.74, 6) is -0.888. The number of imide groups is 1. The van der Waals surface area contributed by atoms with Crippen LogP contribution in [0.1, 0.15) is 11.1 Å². The van der Waals surface area contributed by atoms with Crippen LogP contribution in [0.2, 0.25) is 5.02 Å². The van der Waals surface area contributed by atoms with Crippen LogP contribution in [0.3, 0.4) is 0 Å². The summed E-state index contributed by atoms with van der Waals surface area (Å²) < 4.78 is 1.72. The minimum absolute atomic E-state index is 0.0205. The first-order valence-corrected chi connectivity index (χ1v) is 9.25. The molecule has 29 heavy (non-hydrogen) atoms. The van der Waals surface area contributed by atoms with Gasteiger partial charge in [-0.05, 0) is 29.8 Å². The smallest absolute Gasteiger partial charge is 0.329 e. The topological polar surface area (TPSA) is 97.4 Å². The van der Waals surface area contributed by atoms with E-state index in [1.807, 2.05) is 24.3 Å². The lowest BCUT2D eigenvalue weighted by atomic mass is 10.1. The van der Waals surface area contributed by atoms with E-state index in [9.17, 15) is 14.4 Å². The second-order valence-electron chi connectivity index (χ2n) is 6.70. The van der Waals surface area contributed by atoms with E-state index in [-0.39, 0.29) is 18.8 Å². The Bertz CT molecular complexity index is 1160. The predicted octanol–water partition coefficient (Wildman–Crippen LogP) is 2.87. The molecule has 1 fully saturated rings. The van der Waals surface area contributed by atoms with Crippen LogP contribution in [-0.4, -0.2) is 27.3 Å². The fourth-order valence-corrected chi connectivity index (χ4v) is 3.46. The molecule has 0 saturated carbocycles. The highest BCUT2D eigenvalue weighted by atomic mass is 35.5. The third-order valence-corrected chi connectivity index (χ3v) is 4.91. The number of amides is 4. The van der Waals surface area contributed by atoms with Crippen LogP contribution < -0.4 is 11.1 Å². The number of halogens is 1. The van der Waals surface area contributed by atoms with E-state index in [4.69, 9.17) is 17.3 Å². The average molecular weight is 409 g/mol. The molecule has 2 heterocycles. The number of hydrogen-bond acceptors (Lipinski definition) is 3. The molecule has 1 saturated heterocycles. The first-order valence-electron chi connectivity index (χ1n) is 8.87. The zero-order chi connectivity index (χ0) is 20.5. The number of urea groups is 1. The number of aromatic nitrogens is 1. The molecule has 1 aromatic heterocycles. The summed E-state index contributed by atoms with van der Waals surface area (Å²) in [4.78, 5) is 37.6. The quantitative estimate of drug-likeness (QED) is 0.501. The van der Waals surface area contributed by atoms with E-state index in [1.165, 1.54) is 0 Å². The van der Waals surface area contributed by atoms with Crippen LogP contribution in [0.5, 0.6) is 0 Å². The van der Waals surface area contributed by atoms with Gasteiger partial charge in [0.15, 0.2) is 0 Å².